The molecule has 0 spiro atoms. The number of hydrogen-bond acceptors (Lipinski definition) is 3. The average Bonchev–Trinajstić information content (AvgIpc) is 3.87. The van der Waals surface area contributed by atoms with Crippen molar-refractivity contribution in [2.45, 2.75) is 32.6 Å². The highest BCUT2D eigenvalue weighted by atomic mass is 16.3. The maximum absolute atomic E-state index is 6.51. The van der Waals surface area contributed by atoms with E-state index in [0.717, 1.165) is 47.4 Å². The fraction of sp³-hybridized carbons (Fsp3) is 0.0926. The van der Waals surface area contributed by atoms with Gasteiger partial charge in [-0.1, -0.05) is 147 Å². The summed E-state index contributed by atoms with van der Waals surface area (Å²) in [6, 6.07) is 63.5. The van der Waals surface area contributed by atoms with Crippen LogP contribution in [-0.2, 0) is 6.42 Å². The van der Waals surface area contributed by atoms with Crippen LogP contribution in [0.15, 0.2) is 180 Å². The van der Waals surface area contributed by atoms with Crippen molar-refractivity contribution in [3.63, 3.8) is 0 Å². The SMILES string of the molecule is CCCCCc1ccc(Nc2ccccc2-c2cc(-c3ccccc3-c3ccccc3)c3c4ccccc4n4c3c2Bc2cc3nc(-c5ccccc5)oc3cc2-4)cc1. The minimum atomic E-state index is 0.637. The summed E-state index contributed by atoms with van der Waals surface area (Å²) in [5, 5.41) is 6.35. The molecule has 0 fully saturated rings. The number of anilines is 2. The van der Waals surface area contributed by atoms with E-state index in [1.807, 2.05) is 18.2 Å². The largest absolute Gasteiger partial charge is 0.436 e. The molecule has 282 valence electrons. The molecule has 0 aliphatic carbocycles. The van der Waals surface area contributed by atoms with Crippen molar-refractivity contribution in [3.8, 4) is 50.5 Å². The van der Waals surface area contributed by atoms with Gasteiger partial charge in [0.2, 0.25) is 5.89 Å². The Morgan fingerprint density at radius 3 is 2.10 bits per heavy atom. The van der Waals surface area contributed by atoms with E-state index in [2.05, 4.69) is 175 Å². The lowest BCUT2D eigenvalue weighted by atomic mass is 9.58. The van der Waals surface area contributed by atoms with Gasteiger partial charge < -0.3 is 14.3 Å². The molecule has 59 heavy (non-hydrogen) atoms. The molecule has 0 amide bonds. The summed E-state index contributed by atoms with van der Waals surface area (Å²) in [4.78, 5) is 5.02. The van der Waals surface area contributed by atoms with Gasteiger partial charge in [0, 0.05) is 50.5 Å². The molecule has 0 saturated heterocycles. The summed E-state index contributed by atoms with van der Waals surface area (Å²) >= 11 is 0. The molecule has 0 bridgehead atoms. The van der Waals surface area contributed by atoms with E-state index in [1.54, 1.807) is 0 Å². The van der Waals surface area contributed by atoms with E-state index in [4.69, 9.17) is 9.40 Å². The highest BCUT2D eigenvalue weighted by Crippen LogP contribution is 2.45. The number of unbranched alkanes of at least 4 members (excludes halogenated alkanes) is 2. The number of hydrogen-bond donors (Lipinski definition) is 1. The zero-order valence-corrected chi connectivity index (χ0v) is 33.1. The lowest BCUT2D eigenvalue weighted by Crippen LogP contribution is -2.37. The van der Waals surface area contributed by atoms with Gasteiger partial charge in [0.1, 0.15) is 5.52 Å². The van der Waals surface area contributed by atoms with Crippen molar-refractivity contribution in [2.24, 2.45) is 0 Å². The van der Waals surface area contributed by atoms with Crippen molar-refractivity contribution < 1.29 is 4.42 Å². The first-order chi connectivity index (χ1) is 29.2. The zero-order valence-electron chi connectivity index (χ0n) is 33.1. The summed E-state index contributed by atoms with van der Waals surface area (Å²) < 4.78 is 9.01. The monoisotopic (exact) mass is 759 g/mol. The summed E-state index contributed by atoms with van der Waals surface area (Å²) in [6.45, 7) is 2.26. The van der Waals surface area contributed by atoms with Crippen LogP contribution < -0.4 is 16.2 Å². The van der Waals surface area contributed by atoms with E-state index in [1.165, 1.54) is 90.9 Å². The minimum Gasteiger partial charge on any atom is -0.436 e. The van der Waals surface area contributed by atoms with Crippen LogP contribution in [-0.4, -0.2) is 16.8 Å². The number of nitrogens with one attached hydrogen (secondary N) is 1. The molecule has 10 aromatic rings. The smallest absolute Gasteiger partial charge is 0.227 e. The lowest BCUT2D eigenvalue weighted by molar-refractivity contribution is 0.619. The average molecular weight is 760 g/mol. The Kier molecular flexibility index (Phi) is 8.73. The molecule has 4 nitrogen and oxygen atoms in total. The quantitative estimate of drug-likeness (QED) is 0.112. The molecule has 0 unspecified atom stereocenters. The zero-order chi connectivity index (χ0) is 39.3. The van der Waals surface area contributed by atoms with Crippen LogP contribution in [0.4, 0.5) is 11.4 Å². The highest BCUT2D eigenvalue weighted by Gasteiger charge is 2.30. The Balaban J connectivity index is 1.17. The van der Waals surface area contributed by atoms with E-state index in [9.17, 15) is 0 Å². The molecular weight excluding hydrogens is 717 g/mol. The first-order valence-corrected chi connectivity index (χ1v) is 20.9. The van der Waals surface area contributed by atoms with Gasteiger partial charge in [-0.25, -0.2) is 4.98 Å². The summed E-state index contributed by atoms with van der Waals surface area (Å²) in [5.41, 5.74) is 19.5. The number of oxazole rings is 1. The van der Waals surface area contributed by atoms with E-state index < -0.39 is 0 Å². The van der Waals surface area contributed by atoms with Crippen molar-refractivity contribution >= 4 is 62.5 Å². The second-order valence-electron chi connectivity index (χ2n) is 15.8. The fourth-order valence-electron chi connectivity index (χ4n) is 9.27. The molecule has 5 heteroatoms. The van der Waals surface area contributed by atoms with Gasteiger partial charge in [-0.05, 0) is 100 Å². The van der Waals surface area contributed by atoms with Crippen LogP contribution in [0.3, 0.4) is 0 Å². The molecule has 0 radical (unpaired) electrons. The Morgan fingerprint density at radius 2 is 1.31 bits per heavy atom. The third-order valence-corrected chi connectivity index (χ3v) is 12.1. The topological polar surface area (TPSA) is 43.0 Å². The predicted molar refractivity (Wildman–Crippen MR) is 249 cm³/mol. The summed E-state index contributed by atoms with van der Waals surface area (Å²) in [5.74, 6) is 0.637. The van der Waals surface area contributed by atoms with Gasteiger partial charge >= 0.3 is 0 Å². The normalized spacial score (nSPS) is 11.9. The lowest BCUT2D eigenvalue weighted by Gasteiger charge is -2.25. The molecule has 0 saturated carbocycles. The van der Waals surface area contributed by atoms with Crippen LogP contribution in [0.2, 0.25) is 0 Å². The summed E-state index contributed by atoms with van der Waals surface area (Å²) in [6.07, 6.45) is 4.84. The number of rotatable bonds is 10. The maximum Gasteiger partial charge on any atom is 0.227 e. The first kappa shape index (κ1) is 35.1. The number of benzene rings is 8. The molecular formula is C54H42BN3O. The molecule has 11 rings (SSSR count). The first-order valence-electron chi connectivity index (χ1n) is 20.9. The van der Waals surface area contributed by atoms with Crippen LogP contribution in [0.5, 0.6) is 0 Å². The van der Waals surface area contributed by atoms with Gasteiger partial charge in [0.25, 0.3) is 0 Å². The molecule has 1 aliphatic rings. The number of aromatic nitrogens is 2. The van der Waals surface area contributed by atoms with Crippen LogP contribution >= 0.6 is 0 Å². The van der Waals surface area contributed by atoms with Crippen LogP contribution in [0.25, 0.3) is 83.4 Å². The van der Waals surface area contributed by atoms with Crippen molar-refractivity contribution in [3.05, 3.63) is 181 Å². The van der Waals surface area contributed by atoms with Gasteiger partial charge in [-0.15, -0.1) is 0 Å². The molecule has 0 atom stereocenters. The second kappa shape index (κ2) is 14.7. The molecule has 8 aromatic carbocycles. The van der Waals surface area contributed by atoms with E-state index in [0.29, 0.717) is 5.89 Å². The Bertz CT molecular complexity index is 3160. The van der Waals surface area contributed by atoms with Crippen LogP contribution in [0.1, 0.15) is 31.7 Å². The predicted octanol–water partition coefficient (Wildman–Crippen LogP) is 12.8. The van der Waals surface area contributed by atoms with Crippen molar-refractivity contribution in [1.29, 1.82) is 0 Å². The van der Waals surface area contributed by atoms with Crippen molar-refractivity contribution in [2.75, 3.05) is 5.32 Å². The van der Waals surface area contributed by atoms with Gasteiger partial charge in [-0.2, -0.15) is 0 Å². The van der Waals surface area contributed by atoms with E-state index in [-0.39, 0.29) is 0 Å². The van der Waals surface area contributed by atoms with E-state index >= 15 is 0 Å². The number of fused-ring (bicyclic) bond motifs is 6. The minimum absolute atomic E-state index is 0.637. The standard InChI is InChI=1S/C54H42BN3O/c1-2-3-6-17-35-28-30-38(31-29-35)56-46-26-15-13-24-41(46)44-32-43(40-23-12-11-22-39(40)36-18-7-4-8-19-36)51-42-25-14-16-27-48(42)58-49-34-50-47(33-45(49)55-52(44)53(51)58)57-54(59-50)37-20-9-5-10-21-37/h4-5,7-16,18-34,55-56H,2-3,6,17H2,1H3. The molecule has 1 N–H and O–H groups in total. The Hall–Kier alpha value is -7.11. The number of nitrogens with zero attached hydrogens (tertiary/aromatic N) is 2. The summed E-state index contributed by atoms with van der Waals surface area (Å²) in [7, 11) is 0.752. The molecule has 1 aliphatic heterocycles. The number of aryl methyl sites for hydroxylation is 1. The number of para-hydroxylation sites is 2. The maximum atomic E-state index is 6.51. The van der Waals surface area contributed by atoms with Gasteiger partial charge in [-0.3, -0.25) is 0 Å². The Morgan fingerprint density at radius 1 is 0.610 bits per heavy atom. The van der Waals surface area contributed by atoms with Gasteiger partial charge in [0.05, 0.1) is 5.52 Å². The van der Waals surface area contributed by atoms with Gasteiger partial charge in [0.15, 0.2) is 12.9 Å². The van der Waals surface area contributed by atoms with Crippen molar-refractivity contribution in [1.82, 2.24) is 9.55 Å². The highest BCUT2D eigenvalue weighted by molar-refractivity contribution is 6.74. The second-order valence-corrected chi connectivity index (χ2v) is 15.8. The molecule has 2 aromatic heterocycles. The Labute approximate surface area is 345 Å². The molecule has 3 heterocycles. The third kappa shape index (κ3) is 6.13. The fourth-order valence-corrected chi connectivity index (χ4v) is 9.27. The third-order valence-electron chi connectivity index (χ3n) is 12.1. The van der Waals surface area contributed by atoms with Crippen LogP contribution in [0, 0.1) is 0 Å².